The maximum Gasteiger partial charge on any atom is 0.140 e. The van der Waals surface area contributed by atoms with E-state index >= 15 is 0 Å². The van der Waals surface area contributed by atoms with E-state index in [0.29, 0.717) is 6.04 Å². The molecule has 94 valence electrons. The van der Waals surface area contributed by atoms with Crippen LogP contribution in [0.5, 0.6) is 0 Å². The molecule has 3 rings (SSSR count). The van der Waals surface area contributed by atoms with Crippen molar-refractivity contribution in [3.05, 3.63) is 30.6 Å². The van der Waals surface area contributed by atoms with Crippen LogP contribution in [-0.4, -0.2) is 35.8 Å². The highest BCUT2D eigenvalue weighted by atomic mass is 16.5. The second kappa shape index (κ2) is 4.90. The fraction of sp³-hybridized carbons (Fsp3) is 0.429. The lowest BCUT2D eigenvalue weighted by Crippen LogP contribution is -2.45. The van der Waals surface area contributed by atoms with Crippen molar-refractivity contribution in [2.75, 3.05) is 24.7 Å². The van der Waals surface area contributed by atoms with E-state index in [-0.39, 0.29) is 0 Å². The minimum Gasteiger partial charge on any atom is -0.377 e. The fourth-order valence-electron chi connectivity index (χ4n) is 2.49. The van der Waals surface area contributed by atoms with Gasteiger partial charge in [0.1, 0.15) is 12.1 Å². The van der Waals surface area contributed by atoms with Crippen LogP contribution in [0.1, 0.15) is 13.3 Å². The summed E-state index contributed by atoms with van der Waals surface area (Å²) in [6, 6.07) is 8.58. The smallest absolute Gasteiger partial charge is 0.140 e. The van der Waals surface area contributed by atoms with Crippen molar-refractivity contribution in [1.29, 1.82) is 0 Å². The highest BCUT2D eigenvalue weighted by molar-refractivity contribution is 5.89. The predicted octanol–water partition coefficient (Wildman–Crippen LogP) is 2.25. The van der Waals surface area contributed by atoms with Gasteiger partial charge >= 0.3 is 0 Å². The van der Waals surface area contributed by atoms with Crippen molar-refractivity contribution in [2.24, 2.45) is 0 Å². The predicted molar refractivity (Wildman–Crippen MR) is 71.8 cm³/mol. The van der Waals surface area contributed by atoms with E-state index in [1.54, 1.807) is 6.33 Å². The van der Waals surface area contributed by atoms with E-state index in [2.05, 4.69) is 27.9 Å². The van der Waals surface area contributed by atoms with Crippen LogP contribution in [0.3, 0.4) is 0 Å². The Kier molecular flexibility index (Phi) is 3.11. The Morgan fingerprint density at radius 3 is 3.11 bits per heavy atom. The Hall–Kier alpha value is -1.68. The van der Waals surface area contributed by atoms with Gasteiger partial charge in [-0.15, -0.1) is 0 Å². The molecule has 18 heavy (non-hydrogen) atoms. The van der Waals surface area contributed by atoms with Crippen LogP contribution in [0, 0.1) is 0 Å². The average molecular weight is 243 g/mol. The number of rotatable bonds is 2. The van der Waals surface area contributed by atoms with Crippen LogP contribution in [0.2, 0.25) is 0 Å². The van der Waals surface area contributed by atoms with Crippen LogP contribution in [0.25, 0.3) is 10.9 Å². The molecule has 1 saturated heterocycles. The summed E-state index contributed by atoms with van der Waals surface area (Å²) < 4.78 is 5.55. The van der Waals surface area contributed by atoms with E-state index in [1.165, 1.54) is 0 Å². The summed E-state index contributed by atoms with van der Waals surface area (Å²) in [5, 5.41) is 1.13. The Morgan fingerprint density at radius 2 is 2.22 bits per heavy atom. The molecule has 0 amide bonds. The Labute approximate surface area is 107 Å². The Bertz CT molecular complexity index is 538. The van der Waals surface area contributed by atoms with Gasteiger partial charge in [0.2, 0.25) is 0 Å². The summed E-state index contributed by atoms with van der Waals surface area (Å²) in [4.78, 5) is 11.2. The summed E-state index contributed by atoms with van der Waals surface area (Å²) in [6.07, 6.45) is 2.72. The molecule has 4 nitrogen and oxygen atoms in total. The number of anilines is 1. The molecule has 0 bridgehead atoms. The zero-order chi connectivity index (χ0) is 12.4. The van der Waals surface area contributed by atoms with Crippen molar-refractivity contribution >= 4 is 16.7 Å². The minimum absolute atomic E-state index is 0.414. The number of fused-ring (bicyclic) bond motifs is 1. The van der Waals surface area contributed by atoms with Gasteiger partial charge in [-0.25, -0.2) is 9.97 Å². The molecular weight excluding hydrogens is 226 g/mol. The highest BCUT2D eigenvalue weighted by Crippen LogP contribution is 2.26. The maximum atomic E-state index is 5.55. The molecule has 1 unspecified atom stereocenters. The zero-order valence-corrected chi connectivity index (χ0v) is 10.5. The van der Waals surface area contributed by atoms with E-state index in [9.17, 15) is 0 Å². The molecule has 1 aliphatic rings. The number of benzene rings is 1. The summed E-state index contributed by atoms with van der Waals surface area (Å²) in [7, 11) is 0. The Morgan fingerprint density at radius 1 is 1.33 bits per heavy atom. The van der Waals surface area contributed by atoms with Gasteiger partial charge in [-0.1, -0.05) is 19.1 Å². The van der Waals surface area contributed by atoms with Crippen molar-refractivity contribution in [2.45, 2.75) is 19.4 Å². The van der Waals surface area contributed by atoms with Crippen LogP contribution >= 0.6 is 0 Å². The SMILES string of the molecule is CCC1COCCN1c1ncnc2ccccc12. The van der Waals surface area contributed by atoms with Crippen molar-refractivity contribution in [3.8, 4) is 0 Å². The van der Waals surface area contributed by atoms with Crippen LogP contribution in [0.15, 0.2) is 30.6 Å². The van der Waals surface area contributed by atoms with Crippen molar-refractivity contribution in [1.82, 2.24) is 9.97 Å². The Balaban J connectivity index is 2.07. The van der Waals surface area contributed by atoms with Gasteiger partial charge in [0.05, 0.1) is 24.8 Å². The third-order valence-corrected chi connectivity index (χ3v) is 3.49. The largest absolute Gasteiger partial charge is 0.377 e. The third-order valence-electron chi connectivity index (χ3n) is 3.49. The molecule has 4 heteroatoms. The van der Waals surface area contributed by atoms with Gasteiger partial charge < -0.3 is 9.64 Å². The van der Waals surface area contributed by atoms with Gasteiger partial charge in [0, 0.05) is 11.9 Å². The summed E-state index contributed by atoms with van der Waals surface area (Å²) in [6.45, 7) is 4.65. The van der Waals surface area contributed by atoms with E-state index in [4.69, 9.17) is 4.74 Å². The summed E-state index contributed by atoms with van der Waals surface area (Å²) in [5.41, 5.74) is 1.00. The zero-order valence-electron chi connectivity index (χ0n) is 10.5. The van der Waals surface area contributed by atoms with E-state index in [1.807, 2.05) is 18.2 Å². The molecule has 1 aromatic heterocycles. The van der Waals surface area contributed by atoms with Crippen LogP contribution in [0.4, 0.5) is 5.82 Å². The minimum atomic E-state index is 0.414. The molecule has 0 spiro atoms. The second-order valence-corrected chi connectivity index (χ2v) is 4.54. The molecule has 0 saturated carbocycles. The first-order chi connectivity index (χ1) is 8.90. The molecular formula is C14H17N3O. The van der Waals surface area contributed by atoms with Gasteiger partial charge in [-0.2, -0.15) is 0 Å². The van der Waals surface area contributed by atoms with Crippen molar-refractivity contribution < 1.29 is 4.74 Å². The van der Waals surface area contributed by atoms with Gasteiger partial charge in [-0.05, 0) is 18.6 Å². The molecule has 0 radical (unpaired) electrons. The second-order valence-electron chi connectivity index (χ2n) is 4.54. The van der Waals surface area contributed by atoms with Gasteiger partial charge in [-0.3, -0.25) is 0 Å². The van der Waals surface area contributed by atoms with Crippen molar-refractivity contribution in [3.63, 3.8) is 0 Å². The third kappa shape index (κ3) is 1.93. The number of para-hydroxylation sites is 1. The number of nitrogens with zero attached hydrogens (tertiary/aromatic N) is 3. The molecule has 0 N–H and O–H groups in total. The lowest BCUT2D eigenvalue weighted by Gasteiger charge is -2.36. The fourth-order valence-corrected chi connectivity index (χ4v) is 2.49. The standard InChI is InChI=1S/C14H17N3O/c1-2-11-9-18-8-7-17(11)14-12-5-3-4-6-13(12)15-10-16-14/h3-6,10-11H,2,7-9H2,1H3. The number of hydrogen-bond donors (Lipinski definition) is 0. The maximum absolute atomic E-state index is 5.55. The first-order valence-electron chi connectivity index (χ1n) is 6.44. The lowest BCUT2D eigenvalue weighted by atomic mass is 10.1. The van der Waals surface area contributed by atoms with Crippen LogP contribution in [-0.2, 0) is 4.74 Å². The van der Waals surface area contributed by atoms with Gasteiger partial charge in [0.15, 0.2) is 0 Å². The molecule has 2 heterocycles. The monoisotopic (exact) mass is 243 g/mol. The van der Waals surface area contributed by atoms with Gasteiger partial charge in [0.25, 0.3) is 0 Å². The number of morpholine rings is 1. The first-order valence-corrected chi connectivity index (χ1v) is 6.44. The topological polar surface area (TPSA) is 38.2 Å². The molecule has 0 aliphatic carbocycles. The number of ether oxygens (including phenoxy) is 1. The quantitative estimate of drug-likeness (QED) is 0.811. The number of hydrogen-bond acceptors (Lipinski definition) is 4. The van der Waals surface area contributed by atoms with Crippen LogP contribution < -0.4 is 4.90 Å². The molecule has 1 aromatic carbocycles. The molecule has 2 aromatic rings. The molecule has 1 aliphatic heterocycles. The normalized spacial score (nSPS) is 20.3. The molecule has 1 atom stereocenters. The van der Waals surface area contributed by atoms with E-state index < -0.39 is 0 Å². The summed E-state index contributed by atoms with van der Waals surface area (Å²) >= 11 is 0. The average Bonchev–Trinajstić information content (AvgIpc) is 2.46. The lowest BCUT2D eigenvalue weighted by molar-refractivity contribution is 0.0927. The summed E-state index contributed by atoms with van der Waals surface area (Å²) in [5.74, 6) is 1.04. The first kappa shape index (κ1) is 11.4. The highest BCUT2D eigenvalue weighted by Gasteiger charge is 2.24. The van der Waals surface area contributed by atoms with E-state index in [0.717, 1.165) is 42.9 Å². The number of aromatic nitrogens is 2. The molecule has 1 fully saturated rings.